The summed E-state index contributed by atoms with van der Waals surface area (Å²) in [5, 5.41) is 9.70. The number of aliphatic hydroxyl groups excluding tert-OH is 1. The Bertz CT molecular complexity index is 559. The van der Waals surface area contributed by atoms with Crippen LogP contribution in [0.25, 0.3) is 0 Å². The van der Waals surface area contributed by atoms with Crippen molar-refractivity contribution in [1.82, 2.24) is 0 Å². The summed E-state index contributed by atoms with van der Waals surface area (Å²) in [7, 11) is -3.25. The van der Waals surface area contributed by atoms with Gasteiger partial charge < -0.3 is 5.11 Å². The molecule has 6 heteroatoms. The van der Waals surface area contributed by atoms with Gasteiger partial charge in [0.2, 0.25) is 0 Å². The van der Waals surface area contributed by atoms with Crippen molar-refractivity contribution in [3.05, 3.63) is 34.6 Å². The van der Waals surface area contributed by atoms with Crippen molar-refractivity contribution in [2.75, 3.05) is 5.75 Å². The Morgan fingerprint density at radius 1 is 1.42 bits per heavy atom. The van der Waals surface area contributed by atoms with Crippen LogP contribution in [0.15, 0.2) is 18.2 Å². The summed E-state index contributed by atoms with van der Waals surface area (Å²) in [6.45, 7) is 0. The molecule has 0 spiro atoms. The zero-order valence-electron chi connectivity index (χ0n) is 10.4. The molecular formula is C13H16ClFO3S. The van der Waals surface area contributed by atoms with Crippen LogP contribution in [0.5, 0.6) is 0 Å². The fourth-order valence-corrected chi connectivity index (χ4v) is 4.67. The smallest absolute Gasteiger partial charge is 0.155 e. The second kappa shape index (κ2) is 5.77. The molecule has 1 saturated heterocycles. The van der Waals surface area contributed by atoms with E-state index in [0.717, 1.165) is 6.42 Å². The van der Waals surface area contributed by atoms with Crippen LogP contribution in [0.1, 0.15) is 24.8 Å². The molecule has 1 aromatic rings. The predicted octanol–water partition coefficient (Wildman–Crippen LogP) is 2.35. The first-order valence-electron chi connectivity index (χ1n) is 6.24. The van der Waals surface area contributed by atoms with Crippen molar-refractivity contribution in [3.8, 4) is 0 Å². The highest BCUT2D eigenvalue weighted by atomic mass is 35.5. The van der Waals surface area contributed by atoms with Gasteiger partial charge in [-0.3, -0.25) is 0 Å². The number of benzene rings is 1. The summed E-state index contributed by atoms with van der Waals surface area (Å²) in [4.78, 5) is 0. The van der Waals surface area contributed by atoms with E-state index >= 15 is 0 Å². The third kappa shape index (κ3) is 3.46. The summed E-state index contributed by atoms with van der Waals surface area (Å²) in [5.74, 6) is -0.330. The predicted molar refractivity (Wildman–Crippen MR) is 72.5 cm³/mol. The van der Waals surface area contributed by atoms with E-state index in [4.69, 9.17) is 11.6 Å². The summed E-state index contributed by atoms with van der Waals surface area (Å²) >= 11 is 5.92. The topological polar surface area (TPSA) is 54.4 Å². The Labute approximate surface area is 117 Å². The average molecular weight is 307 g/mol. The number of halogens is 2. The van der Waals surface area contributed by atoms with E-state index < -0.39 is 27.0 Å². The van der Waals surface area contributed by atoms with Gasteiger partial charge in [0, 0.05) is 11.4 Å². The molecule has 1 aliphatic rings. The SMILES string of the molecule is O=S1(=O)CCCCC1C(O)Cc1cc(F)ccc1Cl. The fraction of sp³-hybridized carbons (Fsp3) is 0.538. The van der Waals surface area contributed by atoms with Gasteiger partial charge in [-0.05, 0) is 36.6 Å². The van der Waals surface area contributed by atoms with Crippen LogP contribution in [-0.2, 0) is 16.3 Å². The fourth-order valence-electron chi connectivity index (χ4n) is 2.47. The van der Waals surface area contributed by atoms with Crippen molar-refractivity contribution < 1.29 is 17.9 Å². The number of sulfone groups is 1. The minimum absolute atomic E-state index is 0.0560. The molecule has 1 heterocycles. The molecule has 0 radical (unpaired) electrons. The number of rotatable bonds is 3. The van der Waals surface area contributed by atoms with E-state index in [0.29, 0.717) is 23.4 Å². The zero-order chi connectivity index (χ0) is 14.0. The van der Waals surface area contributed by atoms with Crippen LogP contribution in [0.2, 0.25) is 5.02 Å². The number of aliphatic hydroxyl groups is 1. The van der Waals surface area contributed by atoms with Gasteiger partial charge >= 0.3 is 0 Å². The summed E-state index contributed by atoms with van der Waals surface area (Å²) in [5.41, 5.74) is 0.440. The van der Waals surface area contributed by atoms with E-state index in [1.807, 2.05) is 0 Å². The van der Waals surface area contributed by atoms with Gasteiger partial charge in [0.25, 0.3) is 0 Å². The largest absolute Gasteiger partial charge is 0.391 e. The van der Waals surface area contributed by atoms with E-state index in [-0.39, 0.29) is 12.2 Å². The molecule has 19 heavy (non-hydrogen) atoms. The Morgan fingerprint density at radius 3 is 2.84 bits per heavy atom. The summed E-state index contributed by atoms with van der Waals surface area (Å²) in [6, 6.07) is 3.88. The second-order valence-electron chi connectivity index (χ2n) is 4.91. The zero-order valence-corrected chi connectivity index (χ0v) is 11.9. The molecule has 3 nitrogen and oxygen atoms in total. The lowest BCUT2D eigenvalue weighted by atomic mass is 10.0. The molecule has 0 aliphatic carbocycles. The third-order valence-electron chi connectivity index (χ3n) is 3.49. The molecule has 1 aromatic carbocycles. The molecule has 2 rings (SSSR count). The van der Waals surface area contributed by atoms with Gasteiger partial charge in [0.15, 0.2) is 9.84 Å². The molecule has 0 aromatic heterocycles. The third-order valence-corrected chi connectivity index (χ3v) is 6.19. The lowest BCUT2D eigenvalue weighted by Gasteiger charge is -2.26. The molecule has 106 valence electrons. The van der Waals surface area contributed by atoms with E-state index in [9.17, 15) is 17.9 Å². The number of hydrogen-bond donors (Lipinski definition) is 1. The normalized spacial score (nSPS) is 24.1. The lowest BCUT2D eigenvalue weighted by molar-refractivity contribution is 0.162. The van der Waals surface area contributed by atoms with Crippen LogP contribution < -0.4 is 0 Å². The van der Waals surface area contributed by atoms with Crippen LogP contribution in [0, 0.1) is 5.82 Å². The van der Waals surface area contributed by atoms with Crippen LogP contribution in [0.3, 0.4) is 0 Å². The molecule has 2 unspecified atom stereocenters. The monoisotopic (exact) mass is 306 g/mol. The van der Waals surface area contributed by atoms with Crippen molar-refractivity contribution in [2.45, 2.75) is 37.0 Å². The highest BCUT2D eigenvalue weighted by Gasteiger charge is 2.34. The van der Waals surface area contributed by atoms with Crippen molar-refractivity contribution in [2.24, 2.45) is 0 Å². The summed E-state index contributed by atoms with van der Waals surface area (Å²) < 4.78 is 36.9. The van der Waals surface area contributed by atoms with Gasteiger partial charge in [-0.1, -0.05) is 18.0 Å². The van der Waals surface area contributed by atoms with Crippen LogP contribution in [0.4, 0.5) is 4.39 Å². The minimum Gasteiger partial charge on any atom is -0.391 e. The highest BCUT2D eigenvalue weighted by Crippen LogP contribution is 2.26. The molecular weight excluding hydrogens is 291 g/mol. The first kappa shape index (κ1) is 14.8. The Morgan fingerprint density at radius 2 is 2.16 bits per heavy atom. The van der Waals surface area contributed by atoms with E-state index in [1.54, 1.807) is 0 Å². The molecule has 1 N–H and O–H groups in total. The second-order valence-corrected chi connectivity index (χ2v) is 7.66. The molecule has 1 fully saturated rings. The van der Waals surface area contributed by atoms with Crippen LogP contribution >= 0.6 is 11.6 Å². The van der Waals surface area contributed by atoms with Crippen molar-refractivity contribution in [3.63, 3.8) is 0 Å². The Balaban J connectivity index is 2.16. The van der Waals surface area contributed by atoms with Crippen molar-refractivity contribution >= 4 is 21.4 Å². The maximum Gasteiger partial charge on any atom is 0.155 e. The standard InChI is InChI=1S/C13H16ClFO3S/c14-11-5-4-10(15)7-9(11)8-12(16)13-3-1-2-6-19(13,17)18/h4-5,7,12-13,16H,1-3,6,8H2. The maximum atomic E-state index is 13.1. The molecule has 0 saturated carbocycles. The van der Waals surface area contributed by atoms with Gasteiger partial charge in [0.1, 0.15) is 5.82 Å². The molecule has 0 amide bonds. The Kier molecular flexibility index (Phi) is 4.48. The van der Waals surface area contributed by atoms with Gasteiger partial charge in [0.05, 0.1) is 17.1 Å². The molecule has 0 bridgehead atoms. The quantitative estimate of drug-likeness (QED) is 0.932. The minimum atomic E-state index is -3.25. The van der Waals surface area contributed by atoms with Crippen LogP contribution in [-0.4, -0.2) is 30.6 Å². The van der Waals surface area contributed by atoms with Gasteiger partial charge in [-0.2, -0.15) is 0 Å². The van der Waals surface area contributed by atoms with Gasteiger partial charge in [-0.25, -0.2) is 12.8 Å². The maximum absolute atomic E-state index is 13.1. The molecule has 1 aliphatic heterocycles. The van der Waals surface area contributed by atoms with Gasteiger partial charge in [-0.15, -0.1) is 0 Å². The average Bonchev–Trinajstić information content (AvgIpc) is 2.33. The van der Waals surface area contributed by atoms with E-state index in [2.05, 4.69) is 0 Å². The Hall–Kier alpha value is -0.650. The number of hydrogen-bond acceptors (Lipinski definition) is 3. The molecule has 2 atom stereocenters. The lowest BCUT2D eigenvalue weighted by Crippen LogP contribution is -2.39. The first-order chi connectivity index (χ1) is 8.90. The highest BCUT2D eigenvalue weighted by molar-refractivity contribution is 7.92. The van der Waals surface area contributed by atoms with E-state index in [1.165, 1.54) is 18.2 Å². The summed E-state index contributed by atoms with van der Waals surface area (Å²) in [6.07, 6.45) is 0.908. The first-order valence-corrected chi connectivity index (χ1v) is 8.33. The van der Waals surface area contributed by atoms with Crippen molar-refractivity contribution in [1.29, 1.82) is 0 Å².